The number of aryl methyl sites for hydroxylation is 1. The normalized spacial score (nSPS) is 22.5. The molecule has 0 radical (unpaired) electrons. The molecule has 24 heavy (non-hydrogen) atoms. The average Bonchev–Trinajstić information content (AvgIpc) is 3.00. The zero-order valence-corrected chi connectivity index (χ0v) is 15.7. The van der Waals surface area contributed by atoms with E-state index in [2.05, 4.69) is 10.3 Å². The first-order valence-corrected chi connectivity index (χ1v) is 10.5. The molecule has 2 aromatic rings. The van der Waals surface area contributed by atoms with Crippen LogP contribution in [0, 0.1) is 6.92 Å². The minimum absolute atomic E-state index is 0.0202. The third-order valence-corrected chi connectivity index (χ3v) is 7.37. The molecule has 0 saturated carbocycles. The van der Waals surface area contributed by atoms with Gasteiger partial charge < -0.3 is 5.32 Å². The lowest BCUT2D eigenvalue weighted by molar-refractivity contribution is 0.0919. The van der Waals surface area contributed by atoms with E-state index in [9.17, 15) is 13.2 Å². The van der Waals surface area contributed by atoms with Gasteiger partial charge in [0.25, 0.3) is 5.91 Å². The molecule has 1 aromatic carbocycles. The van der Waals surface area contributed by atoms with Crippen molar-refractivity contribution in [1.82, 2.24) is 10.3 Å². The maximum atomic E-state index is 12.6. The maximum Gasteiger partial charge on any atom is 0.263 e. The van der Waals surface area contributed by atoms with Crippen LogP contribution in [-0.2, 0) is 9.84 Å². The number of sulfone groups is 1. The molecule has 1 amide bonds. The summed E-state index contributed by atoms with van der Waals surface area (Å²) in [6, 6.07) is 7.26. The van der Waals surface area contributed by atoms with Crippen molar-refractivity contribution in [3.63, 3.8) is 0 Å². The fourth-order valence-corrected chi connectivity index (χ4v) is 5.95. The van der Waals surface area contributed by atoms with Crippen molar-refractivity contribution in [2.24, 2.45) is 0 Å². The highest BCUT2D eigenvalue weighted by atomic mass is 35.5. The second-order valence-electron chi connectivity index (χ2n) is 6.30. The van der Waals surface area contributed by atoms with Gasteiger partial charge in [0.05, 0.1) is 22.7 Å². The largest absolute Gasteiger partial charge is 0.345 e. The number of nitrogens with one attached hydrogen (secondary N) is 1. The van der Waals surface area contributed by atoms with Crippen LogP contribution in [0.1, 0.15) is 28.7 Å². The number of carbonyl (C=O) groups excluding carboxylic acids is 1. The molecule has 1 N–H and O–H groups in total. The van der Waals surface area contributed by atoms with E-state index >= 15 is 0 Å². The molecule has 0 spiro atoms. The first-order chi connectivity index (χ1) is 11.2. The van der Waals surface area contributed by atoms with Gasteiger partial charge in [-0.3, -0.25) is 4.79 Å². The summed E-state index contributed by atoms with van der Waals surface area (Å²) in [5, 5.41) is 4.25. The smallest absolute Gasteiger partial charge is 0.263 e. The highest BCUT2D eigenvalue weighted by molar-refractivity contribution is 7.91. The Bertz CT molecular complexity index is 891. The minimum atomic E-state index is -3.07. The molecule has 0 bridgehead atoms. The van der Waals surface area contributed by atoms with Crippen molar-refractivity contribution >= 4 is 38.7 Å². The Balaban J connectivity index is 1.82. The zero-order valence-electron chi connectivity index (χ0n) is 13.3. The third-order valence-electron chi connectivity index (χ3n) is 4.01. The second-order valence-corrected chi connectivity index (χ2v) is 9.92. The molecule has 1 aliphatic heterocycles. The Morgan fingerprint density at radius 1 is 1.33 bits per heavy atom. The van der Waals surface area contributed by atoms with Gasteiger partial charge in [0.2, 0.25) is 0 Å². The summed E-state index contributed by atoms with van der Waals surface area (Å²) in [4.78, 5) is 17.5. The maximum absolute atomic E-state index is 12.6. The van der Waals surface area contributed by atoms with Crippen LogP contribution in [0.25, 0.3) is 10.6 Å². The van der Waals surface area contributed by atoms with E-state index in [4.69, 9.17) is 11.6 Å². The van der Waals surface area contributed by atoms with Gasteiger partial charge in [0.15, 0.2) is 9.84 Å². The quantitative estimate of drug-likeness (QED) is 0.882. The summed E-state index contributed by atoms with van der Waals surface area (Å²) in [5.41, 5.74) is 0.806. The number of rotatable bonds is 3. The number of aromatic nitrogens is 1. The SMILES string of the molecule is Cc1nc(-c2ccc(Cl)cc2)sc1C(=O)N[C@@]1(C)CCS(=O)(=O)C1. The number of hydrogen-bond acceptors (Lipinski definition) is 5. The fraction of sp³-hybridized carbons (Fsp3) is 0.375. The summed E-state index contributed by atoms with van der Waals surface area (Å²) >= 11 is 7.18. The van der Waals surface area contributed by atoms with Gasteiger partial charge in [-0.2, -0.15) is 0 Å². The lowest BCUT2D eigenvalue weighted by Gasteiger charge is -2.23. The van der Waals surface area contributed by atoms with Crippen LogP contribution >= 0.6 is 22.9 Å². The van der Waals surface area contributed by atoms with Gasteiger partial charge in [-0.25, -0.2) is 13.4 Å². The molecule has 2 heterocycles. The lowest BCUT2D eigenvalue weighted by atomic mass is 10.0. The molecule has 1 saturated heterocycles. The molecule has 1 aromatic heterocycles. The Kier molecular flexibility index (Phi) is 4.44. The van der Waals surface area contributed by atoms with Gasteiger partial charge in [-0.1, -0.05) is 23.7 Å². The second kappa shape index (κ2) is 6.13. The number of amides is 1. The van der Waals surface area contributed by atoms with Crippen molar-refractivity contribution in [2.45, 2.75) is 25.8 Å². The van der Waals surface area contributed by atoms with Crippen LogP contribution in [-0.4, -0.2) is 36.4 Å². The Hall–Kier alpha value is -1.44. The highest BCUT2D eigenvalue weighted by Crippen LogP contribution is 2.30. The Labute approximate surface area is 150 Å². The summed E-state index contributed by atoms with van der Waals surface area (Å²) in [7, 11) is -3.07. The minimum Gasteiger partial charge on any atom is -0.345 e. The van der Waals surface area contributed by atoms with Crippen LogP contribution < -0.4 is 5.32 Å². The van der Waals surface area contributed by atoms with Gasteiger partial charge in [0, 0.05) is 10.6 Å². The standard InChI is InChI=1S/C16H17ClN2O3S2/c1-10-13(14(20)19-16(2)7-8-24(21,22)9-16)23-15(18-10)11-3-5-12(17)6-4-11/h3-6H,7-9H2,1-2H3,(H,19,20)/t16-/m0/s1. The number of hydrogen-bond donors (Lipinski definition) is 1. The topological polar surface area (TPSA) is 76.1 Å². The Morgan fingerprint density at radius 2 is 2.00 bits per heavy atom. The van der Waals surface area contributed by atoms with E-state index in [1.165, 1.54) is 11.3 Å². The number of nitrogens with zero attached hydrogens (tertiary/aromatic N) is 1. The zero-order chi connectivity index (χ0) is 17.5. The van der Waals surface area contributed by atoms with Crippen LogP contribution in [0.15, 0.2) is 24.3 Å². The molecule has 3 rings (SSSR count). The molecule has 8 heteroatoms. The van der Waals surface area contributed by atoms with Crippen molar-refractivity contribution in [1.29, 1.82) is 0 Å². The number of benzene rings is 1. The van der Waals surface area contributed by atoms with Crippen molar-refractivity contribution < 1.29 is 13.2 Å². The molecule has 128 valence electrons. The molecular formula is C16H17ClN2O3S2. The highest BCUT2D eigenvalue weighted by Gasteiger charge is 2.40. The van der Waals surface area contributed by atoms with Crippen LogP contribution in [0.5, 0.6) is 0 Å². The number of carbonyl (C=O) groups is 1. The Morgan fingerprint density at radius 3 is 2.58 bits per heavy atom. The van der Waals surface area contributed by atoms with E-state index in [-0.39, 0.29) is 17.4 Å². The van der Waals surface area contributed by atoms with Gasteiger partial charge in [0.1, 0.15) is 9.88 Å². The van der Waals surface area contributed by atoms with Crippen molar-refractivity contribution in [3.8, 4) is 10.6 Å². The van der Waals surface area contributed by atoms with Gasteiger partial charge >= 0.3 is 0 Å². The van der Waals surface area contributed by atoms with E-state index in [1.807, 2.05) is 12.1 Å². The molecule has 0 unspecified atom stereocenters. The molecule has 1 fully saturated rings. The number of thiazole rings is 1. The van der Waals surface area contributed by atoms with E-state index in [1.54, 1.807) is 26.0 Å². The van der Waals surface area contributed by atoms with E-state index in [0.29, 0.717) is 22.0 Å². The van der Waals surface area contributed by atoms with Crippen LogP contribution in [0.3, 0.4) is 0 Å². The predicted molar refractivity (Wildman–Crippen MR) is 96.4 cm³/mol. The first kappa shape index (κ1) is 17.4. The van der Waals surface area contributed by atoms with Gasteiger partial charge in [-0.15, -0.1) is 11.3 Å². The summed E-state index contributed by atoms with van der Waals surface area (Å²) in [6.45, 7) is 3.55. The van der Waals surface area contributed by atoms with Crippen LogP contribution in [0.2, 0.25) is 5.02 Å². The molecule has 1 aliphatic rings. The fourth-order valence-electron chi connectivity index (χ4n) is 2.76. The predicted octanol–water partition coefficient (Wildman–Crippen LogP) is 3.08. The summed E-state index contributed by atoms with van der Waals surface area (Å²) < 4.78 is 23.4. The monoisotopic (exact) mass is 384 g/mol. The van der Waals surface area contributed by atoms with Crippen LogP contribution in [0.4, 0.5) is 0 Å². The third kappa shape index (κ3) is 3.63. The molecule has 0 aliphatic carbocycles. The van der Waals surface area contributed by atoms with E-state index < -0.39 is 15.4 Å². The number of halogens is 1. The summed E-state index contributed by atoms with van der Waals surface area (Å²) in [6.07, 6.45) is 0.433. The first-order valence-electron chi connectivity index (χ1n) is 7.44. The lowest BCUT2D eigenvalue weighted by Crippen LogP contribution is -2.46. The molecular weight excluding hydrogens is 368 g/mol. The molecule has 5 nitrogen and oxygen atoms in total. The average molecular weight is 385 g/mol. The van der Waals surface area contributed by atoms with E-state index in [0.717, 1.165) is 10.6 Å². The molecule has 1 atom stereocenters. The summed E-state index contributed by atoms with van der Waals surface area (Å²) in [5.74, 6) is -0.181. The van der Waals surface area contributed by atoms with Crippen molar-refractivity contribution in [3.05, 3.63) is 39.9 Å². The van der Waals surface area contributed by atoms with Crippen molar-refractivity contribution in [2.75, 3.05) is 11.5 Å². The van der Waals surface area contributed by atoms with Gasteiger partial charge in [-0.05, 0) is 32.4 Å².